The average Bonchev–Trinajstić information content (AvgIpc) is 3.21. The van der Waals surface area contributed by atoms with Gasteiger partial charge >= 0.3 is 0 Å². The summed E-state index contributed by atoms with van der Waals surface area (Å²) >= 11 is 0. The summed E-state index contributed by atoms with van der Waals surface area (Å²) in [4.78, 5) is 4.69. The largest absolute Gasteiger partial charge is 0.383 e. The third kappa shape index (κ3) is 2.11. The van der Waals surface area contributed by atoms with Gasteiger partial charge in [0.05, 0.1) is 0 Å². The molecule has 104 valence electrons. The first-order chi connectivity index (χ1) is 9.61. The van der Waals surface area contributed by atoms with Crippen molar-refractivity contribution >= 4 is 5.82 Å². The van der Waals surface area contributed by atoms with Gasteiger partial charge < -0.3 is 10.3 Å². The normalized spacial score (nSPS) is 14.5. The number of hydrogen-bond acceptors (Lipinski definition) is 2. The zero-order valence-corrected chi connectivity index (χ0v) is 11.6. The monoisotopic (exact) mass is 271 g/mol. The third-order valence-electron chi connectivity index (χ3n) is 3.75. The van der Waals surface area contributed by atoms with E-state index in [-0.39, 0.29) is 5.82 Å². The smallest absolute Gasteiger partial charge is 0.132 e. The topological polar surface area (TPSA) is 43.8 Å². The van der Waals surface area contributed by atoms with E-state index in [1.807, 2.05) is 17.6 Å². The predicted molar refractivity (Wildman–Crippen MR) is 78.9 cm³/mol. The van der Waals surface area contributed by atoms with Gasteiger partial charge in [0.25, 0.3) is 0 Å². The van der Waals surface area contributed by atoms with Crippen molar-refractivity contribution in [2.24, 2.45) is 0 Å². The Hall–Kier alpha value is -2.10. The second-order valence-corrected chi connectivity index (χ2v) is 5.34. The van der Waals surface area contributed by atoms with Crippen LogP contribution in [0.1, 0.15) is 30.1 Å². The molecule has 1 aliphatic carbocycles. The molecule has 0 unspecified atom stereocenters. The number of aromatic nitrogens is 2. The molecule has 0 aliphatic heterocycles. The van der Waals surface area contributed by atoms with Crippen LogP contribution in [-0.4, -0.2) is 9.55 Å². The fourth-order valence-corrected chi connectivity index (χ4v) is 2.51. The Labute approximate surface area is 117 Å². The number of rotatable bonds is 4. The van der Waals surface area contributed by atoms with Crippen LogP contribution in [-0.2, 0) is 6.54 Å². The van der Waals surface area contributed by atoms with E-state index in [2.05, 4.69) is 11.6 Å². The van der Waals surface area contributed by atoms with Crippen LogP contribution in [0.15, 0.2) is 30.9 Å². The van der Waals surface area contributed by atoms with Gasteiger partial charge in [-0.25, -0.2) is 9.37 Å². The highest BCUT2D eigenvalue weighted by molar-refractivity contribution is 5.74. The van der Waals surface area contributed by atoms with Gasteiger partial charge in [0.2, 0.25) is 0 Å². The third-order valence-corrected chi connectivity index (χ3v) is 3.75. The van der Waals surface area contributed by atoms with Gasteiger partial charge in [0.1, 0.15) is 23.2 Å². The van der Waals surface area contributed by atoms with Gasteiger partial charge in [-0.05, 0) is 37.5 Å². The Kier molecular flexibility index (Phi) is 3.08. The van der Waals surface area contributed by atoms with Gasteiger partial charge in [-0.15, -0.1) is 6.58 Å². The molecule has 0 bridgehead atoms. The molecule has 1 aromatic carbocycles. The van der Waals surface area contributed by atoms with Crippen molar-refractivity contribution in [1.82, 2.24) is 9.55 Å². The zero-order chi connectivity index (χ0) is 14.3. The van der Waals surface area contributed by atoms with Crippen molar-refractivity contribution in [2.75, 3.05) is 5.73 Å². The number of imidazole rings is 1. The van der Waals surface area contributed by atoms with Crippen molar-refractivity contribution in [3.8, 4) is 11.3 Å². The SMILES string of the molecule is C=CCn1c(C2CC2)nc(-c2cc(F)ccc2C)c1N. The number of anilines is 1. The molecule has 1 saturated carbocycles. The second kappa shape index (κ2) is 4.78. The summed E-state index contributed by atoms with van der Waals surface area (Å²) in [5, 5.41) is 0. The maximum absolute atomic E-state index is 13.5. The van der Waals surface area contributed by atoms with Gasteiger partial charge in [-0.2, -0.15) is 0 Å². The molecule has 4 heteroatoms. The molecule has 0 atom stereocenters. The average molecular weight is 271 g/mol. The molecular formula is C16H18FN3. The Morgan fingerprint density at radius 2 is 2.25 bits per heavy atom. The molecule has 0 spiro atoms. The molecule has 2 N–H and O–H groups in total. The van der Waals surface area contributed by atoms with Crippen LogP contribution in [0, 0.1) is 12.7 Å². The van der Waals surface area contributed by atoms with E-state index in [9.17, 15) is 4.39 Å². The van der Waals surface area contributed by atoms with Crippen LogP contribution >= 0.6 is 0 Å². The molecule has 20 heavy (non-hydrogen) atoms. The Bertz CT molecular complexity index is 669. The minimum absolute atomic E-state index is 0.267. The number of hydrogen-bond donors (Lipinski definition) is 1. The van der Waals surface area contributed by atoms with Gasteiger partial charge in [-0.1, -0.05) is 12.1 Å². The van der Waals surface area contributed by atoms with Crippen LogP contribution < -0.4 is 5.73 Å². The maximum Gasteiger partial charge on any atom is 0.132 e. The lowest BCUT2D eigenvalue weighted by Crippen LogP contribution is -2.05. The van der Waals surface area contributed by atoms with E-state index in [1.54, 1.807) is 6.07 Å². The lowest BCUT2D eigenvalue weighted by molar-refractivity contribution is 0.628. The minimum Gasteiger partial charge on any atom is -0.383 e. The fourth-order valence-electron chi connectivity index (χ4n) is 2.51. The van der Waals surface area contributed by atoms with Gasteiger partial charge in [0.15, 0.2) is 0 Å². The molecule has 0 radical (unpaired) electrons. The summed E-state index contributed by atoms with van der Waals surface area (Å²) in [5.74, 6) is 1.82. The number of nitrogens with zero attached hydrogens (tertiary/aromatic N) is 2. The lowest BCUT2D eigenvalue weighted by Gasteiger charge is -2.07. The summed E-state index contributed by atoms with van der Waals surface area (Å²) in [6.07, 6.45) is 4.11. The number of benzene rings is 1. The van der Waals surface area contributed by atoms with Crippen LogP contribution in [0.4, 0.5) is 10.2 Å². The number of nitrogens with two attached hydrogens (primary N) is 1. The van der Waals surface area contributed by atoms with Gasteiger partial charge in [-0.3, -0.25) is 0 Å². The maximum atomic E-state index is 13.5. The molecule has 3 rings (SSSR count). The standard InChI is InChI=1S/C16H18FN3/c1-3-8-20-15(18)14(19-16(20)11-5-6-11)13-9-12(17)7-4-10(13)2/h3-4,7,9,11H,1,5-6,8,18H2,2H3. The predicted octanol–water partition coefficient (Wildman–Crippen LogP) is 3.64. The highest BCUT2D eigenvalue weighted by atomic mass is 19.1. The molecule has 2 aromatic rings. The number of nitrogen functional groups attached to an aromatic ring is 1. The summed E-state index contributed by atoms with van der Waals surface area (Å²) < 4.78 is 15.5. The van der Waals surface area contributed by atoms with E-state index in [4.69, 9.17) is 5.73 Å². The van der Waals surface area contributed by atoms with Crippen molar-refractivity contribution < 1.29 is 4.39 Å². The van der Waals surface area contributed by atoms with Crippen molar-refractivity contribution in [1.29, 1.82) is 0 Å². The molecule has 0 saturated heterocycles. The summed E-state index contributed by atoms with van der Waals surface area (Å²) in [5.41, 5.74) is 8.67. The summed E-state index contributed by atoms with van der Waals surface area (Å²) in [6, 6.07) is 4.72. The molecule has 1 heterocycles. The summed E-state index contributed by atoms with van der Waals surface area (Å²) in [6.45, 7) is 6.35. The number of halogens is 1. The van der Waals surface area contributed by atoms with Crippen LogP contribution in [0.2, 0.25) is 0 Å². The highest BCUT2D eigenvalue weighted by Gasteiger charge is 2.31. The molecule has 1 aromatic heterocycles. The highest BCUT2D eigenvalue weighted by Crippen LogP contribution is 2.42. The lowest BCUT2D eigenvalue weighted by atomic mass is 10.1. The molecule has 1 aliphatic rings. The zero-order valence-electron chi connectivity index (χ0n) is 11.6. The quantitative estimate of drug-likeness (QED) is 0.863. The van der Waals surface area contributed by atoms with E-state index in [0.29, 0.717) is 24.0 Å². The second-order valence-electron chi connectivity index (χ2n) is 5.34. The molecule has 1 fully saturated rings. The van der Waals surface area contributed by atoms with E-state index in [0.717, 1.165) is 29.8 Å². The van der Waals surface area contributed by atoms with E-state index >= 15 is 0 Å². The van der Waals surface area contributed by atoms with Crippen molar-refractivity contribution in [3.05, 3.63) is 48.1 Å². The molecule has 3 nitrogen and oxygen atoms in total. The Morgan fingerprint density at radius 3 is 2.90 bits per heavy atom. The first-order valence-corrected chi connectivity index (χ1v) is 6.85. The van der Waals surface area contributed by atoms with Crippen LogP contribution in [0.25, 0.3) is 11.3 Å². The number of allylic oxidation sites excluding steroid dienone is 1. The van der Waals surface area contributed by atoms with E-state index < -0.39 is 0 Å². The number of aryl methyl sites for hydroxylation is 1. The Morgan fingerprint density at radius 1 is 1.50 bits per heavy atom. The Balaban J connectivity index is 2.16. The van der Waals surface area contributed by atoms with E-state index in [1.165, 1.54) is 12.1 Å². The molecule has 0 amide bonds. The minimum atomic E-state index is -0.267. The molecular weight excluding hydrogens is 253 g/mol. The van der Waals surface area contributed by atoms with Crippen LogP contribution in [0.3, 0.4) is 0 Å². The van der Waals surface area contributed by atoms with Crippen LogP contribution in [0.5, 0.6) is 0 Å². The van der Waals surface area contributed by atoms with Crippen molar-refractivity contribution in [3.63, 3.8) is 0 Å². The van der Waals surface area contributed by atoms with Gasteiger partial charge in [0, 0.05) is 18.0 Å². The first kappa shape index (κ1) is 12.9. The fraction of sp³-hybridized carbons (Fsp3) is 0.312. The first-order valence-electron chi connectivity index (χ1n) is 6.85. The summed E-state index contributed by atoms with van der Waals surface area (Å²) in [7, 11) is 0. The van der Waals surface area contributed by atoms with Crippen molar-refractivity contribution in [2.45, 2.75) is 32.2 Å².